The highest BCUT2D eigenvalue weighted by molar-refractivity contribution is 9.10. The summed E-state index contributed by atoms with van der Waals surface area (Å²) in [4.78, 5) is 0. The van der Waals surface area contributed by atoms with Gasteiger partial charge in [-0.05, 0) is 48.4 Å². The minimum atomic E-state index is 0.508. The van der Waals surface area contributed by atoms with Crippen LogP contribution in [0.4, 0.5) is 0 Å². The second-order valence-electron chi connectivity index (χ2n) is 6.56. The van der Waals surface area contributed by atoms with Gasteiger partial charge in [-0.3, -0.25) is 0 Å². The zero-order chi connectivity index (χ0) is 15.7. The second kappa shape index (κ2) is 10.4. The van der Waals surface area contributed by atoms with E-state index in [4.69, 9.17) is 4.74 Å². The predicted octanol–water partition coefficient (Wildman–Crippen LogP) is 4.84. The smallest absolute Gasteiger partial charge is 0.0488 e. The molecule has 0 radical (unpaired) electrons. The molecule has 0 saturated heterocycles. The molecule has 3 heteroatoms. The van der Waals surface area contributed by atoms with Gasteiger partial charge in [-0.15, -0.1) is 0 Å². The quantitative estimate of drug-likeness (QED) is 0.606. The van der Waals surface area contributed by atoms with E-state index in [0.29, 0.717) is 17.8 Å². The van der Waals surface area contributed by atoms with Crippen LogP contribution < -0.4 is 5.32 Å². The molecule has 1 aromatic carbocycles. The van der Waals surface area contributed by atoms with Crippen molar-refractivity contribution in [3.63, 3.8) is 0 Å². The first-order valence-corrected chi connectivity index (χ1v) is 8.82. The van der Waals surface area contributed by atoms with Gasteiger partial charge in [-0.1, -0.05) is 55.8 Å². The Balaban J connectivity index is 2.53. The molecular formula is C18H30BrNO. The molecule has 0 aliphatic rings. The molecule has 1 unspecified atom stereocenters. The molecule has 0 saturated carbocycles. The van der Waals surface area contributed by atoms with Crippen LogP contribution in [0.25, 0.3) is 0 Å². The maximum Gasteiger partial charge on any atom is 0.0488 e. The Labute approximate surface area is 138 Å². The molecule has 1 aromatic rings. The van der Waals surface area contributed by atoms with E-state index in [-0.39, 0.29) is 0 Å². The van der Waals surface area contributed by atoms with Crippen molar-refractivity contribution in [3.05, 3.63) is 34.3 Å². The van der Waals surface area contributed by atoms with Crippen LogP contribution in [0.2, 0.25) is 0 Å². The van der Waals surface area contributed by atoms with Crippen LogP contribution in [0, 0.1) is 11.8 Å². The average molecular weight is 356 g/mol. The van der Waals surface area contributed by atoms with E-state index in [1.807, 2.05) is 0 Å². The van der Waals surface area contributed by atoms with Gasteiger partial charge < -0.3 is 10.1 Å². The zero-order valence-electron chi connectivity index (χ0n) is 13.9. The van der Waals surface area contributed by atoms with Crippen molar-refractivity contribution >= 4 is 15.9 Å². The van der Waals surface area contributed by atoms with E-state index in [1.54, 1.807) is 0 Å². The first-order chi connectivity index (χ1) is 9.99. The lowest BCUT2D eigenvalue weighted by molar-refractivity contribution is 0.103. The van der Waals surface area contributed by atoms with Crippen LogP contribution in [-0.2, 0) is 4.74 Å². The Morgan fingerprint density at radius 1 is 1.10 bits per heavy atom. The van der Waals surface area contributed by atoms with Gasteiger partial charge >= 0.3 is 0 Å². The Morgan fingerprint density at radius 2 is 1.86 bits per heavy atom. The topological polar surface area (TPSA) is 21.3 Å². The van der Waals surface area contributed by atoms with Gasteiger partial charge in [-0.2, -0.15) is 0 Å². The molecule has 1 N–H and O–H groups in total. The summed E-state index contributed by atoms with van der Waals surface area (Å²) in [5, 5.41) is 3.58. The Bertz CT molecular complexity index is 393. The fourth-order valence-electron chi connectivity index (χ4n) is 2.24. The third-order valence-electron chi connectivity index (χ3n) is 3.33. The van der Waals surface area contributed by atoms with Crippen molar-refractivity contribution in [2.45, 2.75) is 40.0 Å². The molecule has 1 atom stereocenters. The van der Waals surface area contributed by atoms with E-state index in [0.717, 1.165) is 37.2 Å². The van der Waals surface area contributed by atoms with Crippen LogP contribution in [0.5, 0.6) is 0 Å². The van der Waals surface area contributed by atoms with E-state index in [9.17, 15) is 0 Å². The summed E-state index contributed by atoms with van der Waals surface area (Å²) in [6, 6.07) is 8.64. The number of halogens is 1. The van der Waals surface area contributed by atoms with Gasteiger partial charge in [0.05, 0.1) is 0 Å². The van der Waals surface area contributed by atoms with Crippen LogP contribution in [-0.4, -0.2) is 26.3 Å². The van der Waals surface area contributed by atoms with Crippen LogP contribution in [0.15, 0.2) is 28.7 Å². The number of ether oxygens (including phenoxy) is 1. The molecular weight excluding hydrogens is 326 g/mol. The number of nitrogens with one attached hydrogen (secondary N) is 1. The molecule has 120 valence electrons. The van der Waals surface area contributed by atoms with Gasteiger partial charge in [0, 0.05) is 24.2 Å². The van der Waals surface area contributed by atoms with Gasteiger partial charge in [-0.25, -0.2) is 0 Å². The van der Waals surface area contributed by atoms with E-state index >= 15 is 0 Å². The van der Waals surface area contributed by atoms with Crippen LogP contribution >= 0.6 is 15.9 Å². The maximum atomic E-state index is 5.77. The highest BCUT2D eigenvalue weighted by Gasteiger charge is 2.12. The number of hydrogen-bond donors (Lipinski definition) is 1. The fraction of sp³-hybridized carbons (Fsp3) is 0.667. The fourth-order valence-corrected chi connectivity index (χ4v) is 2.65. The van der Waals surface area contributed by atoms with Crippen molar-refractivity contribution in [3.8, 4) is 0 Å². The first kappa shape index (κ1) is 18.7. The summed E-state index contributed by atoms with van der Waals surface area (Å²) in [7, 11) is 0. The molecule has 0 heterocycles. The molecule has 0 aliphatic carbocycles. The van der Waals surface area contributed by atoms with E-state index < -0.39 is 0 Å². The molecule has 0 amide bonds. The van der Waals surface area contributed by atoms with Gasteiger partial charge in [0.1, 0.15) is 0 Å². The largest absolute Gasteiger partial charge is 0.381 e. The highest BCUT2D eigenvalue weighted by atomic mass is 79.9. The number of hydrogen-bond acceptors (Lipinski definition) is 2. The van der Waals surface area contributed by atoms with E-state index in [1.165, 1.54) is 5.56 Å². The molecule has 0 fully saturated rings. The summed E-state index contributed by atoms with van der Waals surface area (Å²) in [5.41, 5.74) is 1.38. The molecule has 21 heavy (non-hydrogen) atoms. The van der Waals surface area contributed by atoms with Crippen molar-refractivity contribution in [1.29, 1.82) is 0 Å². The summed E-state index contributed by atoms with van der Waals surface area (Å²) in [5.74, 6) is 1.80. The summed E-state index contributed by atoms with van der Waals surface area (Å²) in [6.45, 7) is 12.6. The Kier molecular flexibility index (Phi) is 9.21. The van der Waals surface area contributed by atoms with Crippen molar-refractivity contribution < 1.29 is 4.74 Å². The number of rotatable bonds is 10. The third-order valence-corrected chi connectivity index (χ3v) is 3.82. The summed E-state index contributed by atoms with van der Waals surface area (Å²) in [6.07, 6.45) is 1.06. The van der Waals surface area contributed by atoms with Crippen molar-refractivity contribution in [2.24, 2.45) is 11.8 Å². The maximum absolute atomic E-state index is 5.77. The van der Waals surface area contributed by atoms with Gasteiger partial charge in [0.2, 0.25) is 0 Å². The monoisotopic (exact) mass is 355 g/mol. The third kappa shape index (κ3) is 8.60. The lowest BCUT2D eigenvalue weighted by atomic mass is 9.96. The molecule has 0 aliphatic heterocycles. The number of benzene rings is 1. The summed E-state index contributed by atoms with van der Waals surface area (Å²) < 4.78 is 6.92. The molecule has 1 rings (SSSR count). The van der Waals surface area contributed by atoms with Gasteiger partial charge in [0.15, 0.2) is 0 Å². The molecule has 0 spiro atoms. The molecule has 0 aromatic heterocycles. The molecule has 0 bridgehead atoms. The first-order valence-electron chi connectivity index (χ1n) is 8.03. The van der Waals surface area contributed by atoms with Crippen LogP contribution in [0.1, 0.15) is 45.6 Å². The lowest BCUT2D eigenvalue weighted by Gasteiger charge is -2.20. The van der Waals surface area contributed by atoms with E-state index in [2.05, 4.69) is 73.2 Å². The normalized spacial score (nSPS) is 13.1. The molecule has 2 nitrogen and oxygen atoms in total. The minimum Gasteiger partial charge on any atom is -0.381 e. The van der Waals surface area contributed by atoms with Crippen molar-refractivity contribution in [1.82, 2.24) is 5.32 Å². The Hall–Kier alpha value is -0.380. The average Bonchev–Trinajstić information content (AvgIpc) is 2.40. The highest BCUT2D eigenvalue weighted by Crippen LogP contribution is 2.22. The Morgan fingerprint density at radius 3 is 2.48 bits per heavy atom. The summed E-state index contributed by atoms with van der Waals surface area (Å²) >= 11 is 3.57. The lowest BCUT2D eigenvalue weighted by Crippen LogP contribution is -2.26. The van der Waals surface area contributed by atoms with Crippen molar-refractivity contribution in [2.75, 3.05) is 26.3 Å². The SMILES string of the molecule is CC(C)CNCC(CCOCC(C)C)c1cccc(Br)c1. The second-order valence-corrected chi connectivity index (χ2v) is 7.48. The van der Waals surface area contributed by atoms with Gasteiger partial charge in [0.25, 0.3) is 0 Å². The van der Waals surface area contributed by atoms with Crippen LogP contribution in [0.3, 0.4) is 0 Å². The minimum absolute atomic E-state index is 0.508. The predicted molar refractivity (Wildman–Crippen MR) is 94.9 cm³/mol. The zero-order valence-corrected chi connectivity index (χ0v) is 15.4. The standard InChI is InChI=1S/C18H30BrNO/c1-14(2)11-20-12-17(8-9-21-13-15(3)4)16-6-5-7-18(19)10-16/h5-7,10,14-15,17,20H,8-9,11-13H2,1-4H3.